The number of terminal acetylenes is 1. The molecule has 0 aliphatic rings. The van der Waals surface area contributed by atoms with Crippen LogP contribution in [-0.2, 0) is 0 Å². The highest BCUT2D eigenvalue weighted by molar-refractivity contribution is 5.69. The number of hydrogen-bond donors (Lipinski definition) is 0. The first kappa shape index (κ1) is 16.9. The molecule has 0 unspecified atom stereocenters. The van der Waals surface area contributed by atoms with Gasteiger partial charge in [0, 0.05) is 0 Å². The van der Waals surface area contributed by atoms with E-state index >= 15 is 0 Å². The summed E-state index contributed by atoms with van der Waals surface area (Å²) < 4.78 is 0. The summed E-state index contributed by atoms with van der Waals surface area (Å²) in [5.41, 5.74) is 6.89. The molecule has 0 atom stereocenters. The van der Waals surface area contributed by atoms with Gasteiger partial charge in [-0.2, -0.15) is 0 Å². The lowest BCUT2D eigenvalue weighted by atomic mass is 9.97. The molecule has 0 aromatic heterocycles. The molecule has 0 saturated heterocycles. The molecule has 1 aromatic carbocycles. The van der Waals surface area contributed by atoms with Crippen molar-refractivity contribution >= 4 is 5.57 Å². The van der Waals surface area contributed by atoms with Gasteiger partial charge in [-0.3, -0.25) is 0 Å². The van der Waals surface area contributed by atoms with E-state index in [9.17, 15) is 0 Å². The Morgan fingerprint density at radius 3 is 1.94 bits per heavy atom. The van der Waals surface area contributed by atoms with Crippen molar-refractivity contribution in [2.24, 2.45) is 0 Å². The molecular formula is C16H24. The molecular weight excluding hydrogens is 192 g/mol. The van der Waals surface area contributed by atoms with Crippen molar-refractivity contribution in [3.63, 3.8) is 0 Å². The summed E-state index contributed by atoms with van der Waals surface area (Å²) in [6.07, 6.45) is 8.00. The van der Waals surface area contributed by atoms with E-state index in [1.807, 2.05) is 0 Å². The average molecular weight is 216 g/mol. The number of rotatable bonds is 1. The van der Waals surface area contributed by atoms with Crippen molar-refractivity contribution in [2.75, 3.05) is 0 Å². The minimum absolute atomic E-state index is 0. The Bertz CT molecular complexity index is 374. The maximum atomic E-state index is 4.00. The van der Waals surface area contributed by atoms with Gasteiger partial charge in [-0.15, -0.1) is 12.8 Å². The van der Waals surface area contributed by atoms with Crippen molar-refractivity contribution in [1.82, 2.24) is 0 Å². The minimum atomic E-state index is 0. The molecule has 88 valence electrons. The highest BCUT2D eigenvalue weighted by Crippen LogP contribution is 2.22. The Balaban J connectivity index is 0. The lowest BCUT2D eigenvalue weighted by Crippen LogP contribution is -1.88. The molecule has 0 spiro atoms. The molecule has 1 aromatic rings. The highest BCUT2D eigenvalue weighted by atomic mass is 14.1. The van der Waals surface area contributed by atoms with Gasteiger partial charge in [-0.25, -0.2) is 0 Å². The molecule has 0 heteroatoms. The van der Waals surface area contributed by atoms with Crippen LogP contribution in [-0.4, -0.2) is 0 Å². The summed E-state index contributed by atoms with van der Waals surface area (Å²) in [4.78, 5) is 0. The zero-order valence-corrected chi connectivity index (χ0v) is 10.4. The quantitative estimate of drug-likeness (QED) is 0.579. The van der Waals surface area contributed by atoms with E-state index in [-0.39, 0.29) is 7.43 Å². The zero-order chi connectivity index (χ0) is 12.0. The summed E-state index contributed by atoms with van der Waals surface area (Å²) in [7, 11) is 0. The number of allylic oxidation sites excluding steroid dienone is 2. The second-order valence-corrected chi connectivity index (χ2v) is 3.94. The van der Waals surface area contributed by atoms with Crippen LogP contribution in [0.3, 0.4) is 0 Å². The molecule has 0 aliphatic heterocycles. The SMILES string of the molecule is C.C#C.CC(C)=C(C)c1cc(C)ccc1C. The van der Waals surface area contributed by atoms with E-state index in [1.165, 1.54) is 27.8 Å². The Morgan fingerprint density at radius 2 is 1.50 bits per heavy atom. The standard InChI is InChI=1S/C13H18.C2H2.CH4/c1-9(2)12(5)13-8-10(3)6-7-11(13)4;1-2;/h6-8H,1-5H3;1-2H;1H4. The van der Waals surface area contributed by atoms with Gasteiger partial charge in [0.25, 0.3) is 0 Å². The summed E-state index contributed by atoms with van der Waals surface area (Å²) in [5.74, 6) is 0. The largest absolute Gasteiger partial charge is 0.124 e. The molecule has 0 bridgehead atoms. The summed E-state index contributed by atoms with van der Waals surface area (Å²) in [6.45, 7) is 10.8. The van der Waals surface area contributed by atoms with Crippen LogP contribution in [0, 0.1) is 26.7 Å². The Hall–Kier alpha value is -1.48. The van der Waals surface area contributed by atoms with Crippen molar-refractivity contribution in [2.45, 2.75) is 42.0 Å². The second-order valence-electron chi connectivity index (χ2n) is 3.94. The molecule has 0 saturated carbocycles. The average Bonchev–Trinajstić information content (AvgIpc) is 2.23. The third-order valence-corrected chi connectivity index (χ3v) is 2.55. The maximum absolute atomic E-state index is 4.00. The number of benzene rings is 1. The Kier molecular flexibility index (Phi) is 8.22. The Labute approximate surface area is 101 Å². The van der Waals surface area contributed by atoms with Gasteiger partial charge >= 0.3 is 0 Å². The van der Waals surface area contributed by atoms with Crippen molar-refractivity contribution in [1.29, 1.82) is 0 Å². The van der Waals surface area contributed by atoms with Gasteiger partial charge in [0.15, 0.2) is 0 Å². The topological polar surface area (TPSA) is 0 Å². The van der Waals surface area contributed by atoms with E-state index < -0.39 is 0 Å². The van der Waals surface area contributed by atoms with Crippen LogP contribution in [0.4, 0.5) is 0 Å². The van der Waals surface area contributed by atoms with Crippen LogP contribution in [0.25, 0.3) is 5.57 Å². The minimum Gasteiger partial charge on any atom is -0.124 e. The molecule has 0 fully saturated rings. The van der Waals surface area contributed by atoms with E-state index in [2.05, 4.69) is 65.7 Å². The zero-order valence-electron chi connectivity index (χ0n) is 10.4. The van der Waals surface area contributed by atoms with Gasteiger partial charge in [-0.1, -0.05) is 36.8 Å². The molecule has 0 amide bonds. The monoisotopic (exact) mass is 216 g/mol. The lowest BCUT2D eigenvalue weighted by molar-refractivity contribution is 1.31. The molecule has 1 rings (SSSR count). The molecule has 0 heterocycles. The summed E-state index contributed by atoms with van der Waals surface area (Å²) in [5, 5.41) is 0. The van der Waals surface area contributed by atoms with E-state index in [0.29, 0.717) is 0 Å². The van der Waals surface area contributed by atoms with Gasteiger partial charge in [0.1, 0.15) is 0 Å². The molecule has 0 aliphatic carbocycles. The predicted molar refractivity (Wildman–Crippen MR) is 76.5 cm³/mol. The summed E-state index contributed by atoms with van der Waals surface area (Å²) in [6, 6.07) is 6.62. The van der Waals surface area contributed by atoms with Crippen LogP contribution in [0.15, 0.2) is 23.8 Å². The first-order valence-electron chi connectivity index (χ1n) is 5.07. The van der Waals surface area contributed by atoms with Crippen LogP contribution in [0.1, 0.15) is 44.9 Å². The van der Waals surface area contributed by atoms with Gasteiger partial charge in [0.05, 0.1) is 0 Å². The van der Waals surface area contributed by atoms with E-state index in [1.54, 1.807) is 0 Å². The van der Waals surface area contributed by atoms with Crippen molar-refractivity contribution < 1.29 is 0 Å². The van der Waals surface area contributed by atoms with Crippen molar-refractivity contribution in [3.05, 3.63) is 40.5 Å². The fraction of sp³-hybridized carbons (Fsp3) is 0.375. The van der Waals surface area contributed by atoms with E-state index in [0.717, 1.165) is 0 Å². The predicted octanol–water partition coefficient (Wildman–Crippen LogP) is 5.00. The van der Waals surface area contributed by atoms with Gasteiger partial charge in [0.2, 0.25) is 0 Å². The second kappa shape index (κ2) is 7.77. The fourth-order valence-corrected chi connectivity index (χ4v) is 1.41. The normalized spacial score (nSPS) is 8.19. The lowest BCUT2D eigenvalue weighted by Gasteiger charge is -2.09. The van der Waals surface area contributed by atoms with Crippen LogP contribution >= 0.6 is 0 Å². The van der Waals surface area contributed by atoms with Crippen LogP contribution < -0.4 is 0 Å². The number of aryl methyl sites for hydroxylation is 2. The maximum Gasteiger partial charge on any atom is -0.0196 e. The Morgan fingerprint density at radius 1 is 1.00 bits per heavy atom. The number of hydrogen-bond acceptors (Lipinski definition) is 0. The van der Waals surface area contributed by atoms with Crippen LogP contribution in [0.5, 0.6) is 0 Å². The fourth-order valence-electron chi connectivity index (χ4n) is 1.41. The van der Waals surface area contributed by atoms with Crippen LogP contribution in [0.2, 0.25) is 0 Å². The smallest absolute Gasteiger partial charge is 0.0196 e. The highest BCUT2D eigenvalue weighted by Gasteiger charge is 2.01. The first-order chi connectivity index (χ1) is 7.02. The van der Waals surface area contributed by atoms with Gasteiger partial charge in [-0.05, 0) is 51.3 Å². The van der Waals surface area contributed by atoms with E-state index in [4.69, 9.17) is 0 Å². The molecule has 0 N–H and O–H groups in total. The van der Waals surface area contributed by atoms with Crippen molar-refractivity contribution in [3.8, 4) is 12.8 Å². The molecule has 0 nitrogen and oxygen atoms in total. The molecule has 16 heavy (non-hydrogen) atoms. The summed E-state index contributed by atoms with van der Waals surface area (Å²) >= 11 is 0. The third kappa shape index (κ3) is 4.36. The molecule has 0 radical (unpaired) electrons. The first-order valence-corrected chi connectivity index (χ1v) is 5.07. The third-order valence-electron chi connectivity index (χ3n) is 2.55. The van der Waals surface area contributed by atoms with Gasteiger partial charge < -0.3 is 0 Å².